The molecule has 2 aromatic heterocycles. The summed E-state index contributed by atoms with van der Waals surface area (Å²) >= 11 is 0. The molecular weight excluding hydrogens is 302 g/mol. The van der Waals surface area contributed by atoms with Gasteiger partial charge in [0.15, 0.2) is 5.82 Å². The van der Waals surface area contributed by atoms with Gasteiger partial charge >= 0.3 is 0 Å². The topological polar surface area (TPSA) is 61.0 Å². The second kappa shape index (κ2) is 6.63. The van der Waals surface area contributed by atoms with Gasteiger partial charge in [-0.15, -0.1) is 0 Å². The Kier molecular flexibility index (Phi) is 4.35. The Balaban J connectivity index is 1.54. The Bertz CT molecular complexity index is 662. The van der Waals surface area contributed by atoms with Crippen LogP contribution in [0.15, 0.2) is 29.0 Å². The highest BCUT2D eigenvalue weighted by atomic mass is 16.5. The van der Waals surface area contributed by atoms with Crippen molar-refractivity contribution in [3.05, 3.63) is 41.8 Å². The average molecular weight is 327 g/mol. The molecule has 4 rings (SSSR count). The van der Waals surface area contributed by atoms with Crippen LogP contribution in [0.1, 0.15) is 74.7 Å². The minimum atomic E-state index is -0.0313. The molecule has 1 saturated heterocycles. The molecule has 4 atom stereocenters. The van der Waals surface area contributed by atoms with Gasteiger partial charge < -0.3 is 9.26 Å². The maximum absolute atomic E-state index is 5.93. The van der Waals surface area contributed by atoms with E-state index in [1.807, 2.05) is 12.3 Å². The van der Waals surface area contributed by atoms with E-state index in [1.165, 1.54) is 6.42 Å². The Hall–Kier alpha value is -1.75. The third-order valence-corrected chi connectivity index (χ3v) is 5.42. The first-order valence-electron chi connectivity index (χ1n) is 9.05. The van der Waals surface area contributed by atoms with Crippen LogP contribution < -0.4 is 0 Å². The molecule has 0 spiro atoms. The molecule has 0 aromatic carbocycles. The standard InChI is InChI=1S/C19H25N3O2/c1-12-8-13(2)10-15(9-12)18-21-19(24-22-18)16-5-7-23-17(16)14-4-3-6-20-11-14/h3-4,6,11-13,15-17H,5,7-10H2,1-2H3/t12?,13?,15?,16-,17+/m0/s1. The zero-order valence-corrected chi connectivity index (χ0v) is 14.4. The normalized spacial score (nSPS) is 33.7. The van der Waals surface area contributed by atoms with Crippen molar-refractivity contribution >= 4 is 0 Å². The van der Waals surface area contributed by atoms with Gasteiger partial charge in [0.1, 0.15) is 0 Å². The van der Waals surface area contributed by atoms with Gasteiger partial charge in [-0.1, -0.05) is 25.1 Å². The molecule has 5 heteroatoms. The molecular formula is C19H25N3O2. The number of rotatable bonds is 3. The zero-order valence-electron chi connectivity index (χ0n) is 14.4. The predicted octanol–water partition coefficient (Wildman–Crippen LogP) is 4.25. The van der Waals surface area contributed by atoms with Crippen molar-refractivity contribution in [1.82, 2.24) is 15.1 Å². The lowest BCUT2D eigenvalue weighted by Gasteiger charge is -2.29. The Morgan fingerprint density at radius 1 is 1.12 bits per heavy atom. The molecule has 3 heterocycles. The van der Waals surface area contributed by atoms with Crippen molar-refractivity contribution < 1.29 is 9.26 Å². The Morgan fingerprint density at radius 3 is 2.71 bits per heavy atom. The number of hydrogen-bond acceptors (Lipinski definition) is 5. The maximum atomic E-state index is 5.93. The van der Waals surface area contributed by atoms with Gasteiger partial charge in [-0.05, 0) is 49.1 Å². The molecule has 1 aliphatic carbocycles. The van der Waals surface area contributed by atoms with Crippen molar-refractivity contribution in [3.8, 4) is 0 Å². The quantitative estimate of drug-likeness (QED) is 0.843. The van der Waals surface area contributed by atoms with Crippen LogP contribution in [0.25, 0.3) is 0 Å². The number of hydrogen-bond donors (Lipinski definition) is 0. The monoisotopic (exact) mass is 327 g/mol. The van der Waals surface area contributed by atoms with Gasteiger partial charge in [-0.25, -0.2) is 0 Å². The molecule has 0 amide bonds. The van der Waals surface area contributed by atoms with Crippen molar-refractivity contribution in [1.29, 1.82) is 0 Å². The number of pyridine rings is 1. The summed E-state index contributed by atoms with van der Waals surface area (Å²) in [4.78, 5) is 8.99. The molecule has 0 radical (unpaired) electrons. The molecule has 2 aliphatic rings. The molecule has 2 aromatic rings. The SMILES string of the molecule is CC1CC(C)CC(c2noc([C@H]3CCO[C@@H]3c3cccnc3)n2)C1. The highest BCUT2D eigenvalue weighted by Crippen LogP contribution is 2.42. The summed E-state index contributed by atoms with van der Waals surface area (Å²) in [6.07, 6.45) is 8.16. The van der Waals surface area contributed by atoms with E-state index in [0.29, 0.717) is 5.92 Å². The predicted molar refractivity (Wildman–Crippen MR) is 89.5 cm³/mol. The summed E-state index contributed by atoms with van der Waals surface area (Å²) in [7, 11) is 0. The fourth-order valence-electron chi connectivity index (χ4n) is 4.44. The molecule has 1 saturated carbocycles. The summed E-state index contributed by atoms with van der Waals surface area (Å²) in [6.45, 7) is 5.37. The largest absolute Gasteiger partial charge is 0.373 e. The molecule has 1 aliphatic heterocycles. The lowest BCUT2D eigenvalue weighted by molar-refractivity contribution is 0.0983. The fourth-order valence-corrected chi connectivity index (χ4v) is 4.44. The minimum absolute atomic E-state index is 0.0313. The van der Waals surface area contributed by atoms with E-state index in [1.54, 1.807) is 6.20 Å². The van der Waals surface area contributed by atoms with Crippen molar-refractivity contribution in [2.24, 2.45) is 11.8 Å². The molecule has 2 unspecified atom stereocenters. The molecule has 0 bridgehead atoms. The molecule has 0 N–H and O–H groups in total. The molecule has 24 heavy (non-hydrogen) atoms. The third-order valence-electron chi connectivity index (χ3n) is 5.42. The van der Waals surface area contributed by atoms with Crippen molar-refractivity contribution in [2.45, 2.75) is 57.5 Å². The van der Waals surface area contributed by atoms with E-state index in [0.717, 1.165) is 55.0 Å². The van der Waals surface area contributed by atoms with E-state index >= 15 is 0 Å². The van der Waals surface area contributed by atoms with Crippen LogP contribution >= 0.6 is 0 Å². The molecule has 2 fully saturated rings. The van der Waals surface area contributed by atoms with Crippen LogP contribution in [0, 0.1) is 11.8 Å². The zero-order chi connectivity index (χ0) is 16.5. The van der Waals surface area contributed by atoms with E-state index in [4.69, 9.17) is 14.2 Å². The highest BCUT2D eigenvalue weighted by Gasteiger charge is 2.36. The van der Waals surface area contributed by atoms with Gasteiger partial charge in [0.2, 0.25) is 5.89 Å². The lowest BCUT2D eigenvalue weighted by atomic mass is 9.76. The second-order valence-corrected chi connectivity index (χ2v) is 7.58. The van der Waals surface area contributed by atoms with Crippen molar-refractivity contribution in [2.75, 3.05) is 6.61 Å². The van der Waals surface area contributed by atoms with Crippen LogP contribution in [0.5, 0.6) is 0 Å². The smallest absolute Gasteiger partial charge is 0.232 e. The second-order valence-electron chi connectivity index (χ2n) is 7.58. The molecule has 128 valence electrons. The average Bonchev–Trinajstić information content (AvgIpc) is 3.24. The van der Waals surface area contributed by atoms with Gasteiger partial charge in [0, 0.05) is 24.9 Å². The minimum Gasteiger partial charge on any atom is -0.373 e. The lowest BCUT2D eigenvalue weighted by Crippen LogP contribution is -2.19. The van der Waals surface area contributed by atoms with Crippen molar-refractivity contribution in [3.63, 3.8) is 0 Å². The fraction of sp³-hybridized carbons (Fsp3) is 0.632. The van der Waals surface area contributed by atoms with Gasteiger partial charge in [0.25, 0.3) is 0 Å². The third kappa shape index (κ3) is 3.09. The van der Waals surface area contributed by atoms with Crippen LogP contribution in [-0.2, 0) is 4.74 Å². The number of ether oxygens (including phenoxy) is 1. The van der Waals surface area contributed by atoms with Crippen LogP contribution in [0.2, 0.25) is 0 Å². The molecule has 5 nitrogen and oxygen atoms in total. The Morgan fingerprint density at radius 2 is 1.96 bits per heavy atom. The summed E-state index contributed by atoms with van der Waals surface area (Å²) in [5, 5.41) is 4.32. The van der Waals surface area contributed by atoms with E-state index in [2.05, 4.69) is 30.1 Å². The highest BCUT2D eigenvalue weighted by molar-refractivity contribution is 5.18. The first kappa shape index (κ1) is 15.8. The van der Waals surface area contributed by atoms with Gasteiger partial charge in [-0.3, -0.25) is 4.98 Å². The van der Waals surface area contributed by atoms with E-state index < -0.39 is 0 Å². The summed E-state index contributed by atoms with van der Waals surface area (Å²) in [5.41, 5.74) is 1.08. The van der Waals surface area contributed by atoms with Gasteiger partial charge in [0.05, 0.1) is 12.0 Å². The van der Waals surface area contributed by atoms with Crippen LogP contribution in [0.3, 0.4) is 0 Å². The number of aromatic nitrogens is 3. The first-order valence-corrected chi connectivity index (χ1v) is 9.05. The maximum Gasteiger partial charge on any atom is 0.232 e. The Labute approximate surface area is 142 Å². The number of nitrogens with zero attached hydrogens (tertiary/aromatic N) is 3. The summed E-state index contributed by atoms with van der Waals surface area (Å²) < 4.78 is 11.6. The van der Waals surface area contributed by atoms with Crippen LogP contribution in [-0.4, -0.2) is 21.7 Å². The summed E-state index contributed by atoms with van der Waals surface area (Å²) in [5.74, 6) is 3.65. The van der Waals surface area contributed by atoms with E-state index in [9.17, 15) is 0 Å². The van der Waals surface area contributed by atoms with E-state index in [-0.39, 0.29) is 12.0 Å². The van der Waals surface area contributed by atoms with Gasteiger partial charge in [-0.2, -0.15) is 4.98 Å². The first-order chi connectivity index (χ1) is 11.7. The summed E-state index contributed by atoms with van der Waals surface area (Å²) in [6, 6.07) is 4.00. The van der Waals surface area contributed by atoms with Crippen LogP contribution in [0.4, 0.5) is 0 Å².